The van der Waals surface area contributed by atoms with Crippen LogP contribution < -0.4 is 5.73 Å². The van der Waals surface area contributed by atoms with Gasteiger partial charge in [-0.15, -0.1) is 0 Å². The van der Waals surface area contributed by atoms with Gasteiger partial charge in [-0.25, -0.2) is 0 Å². The fourth-order valence-corrected chi connectivity index (χ4v) is 1.73. The lowest BCUT2D eigenvalue weighted by Crippen LogP contribution is -2.14. The topological polar surface area (TPSA) is 80.2 Å². The molecule has 0 aliphatic heterocycles. The molecule has 1 rings (SSSR count). The molecule has 1 aromatic carbocycles. The third kappa shape index (κ3) is 5.06. The van der Waals surface area contributed by atoms with Crippen molar-refractivity contribution in [3.63, 3.8) is 0 Å². The number of benzene rings is 1. The van der Waals surface area contributed by atoms with Gasteiger partial charge in [0.2, 0.25) is 0 Å². The molecule has 0 aliphatic rings. The second-order valence-electron chi connectivity index (χ2n) is 3.74. The average Bonchev–Trinajstić information content (AvgIpc) is 2.42. The van der Waals surface area contributed by atoms with E-state index in [9.17, 15) is 0 Å². The summed E-state index contributed by atoms with van der Waals surface area (Å²) in [7, 11) is 1.56. The minimum absolute atomic E-state index is 0.144. The molecule has 0 fully saturated rings. The summed E-state index contributed by atoms with van der Waals surface area (Å²) in [5.74, 6) is 0.144. The maximum Gasteiger partial charge on any atom is 0.139 e. The molecule has 0 heterocycles. The van der Waals surface area contributed by atoms with E-state index in [0.717, 1.165) is 11.3 Å². The summed E-state index contributed by atoms with van der Waals surface area (Å²) in [4.78, 5) is 4.29. The van der Waals surface area contributed by atoms with Crippen LogP contribution in [-0.4, -0.2) is 30.6 Å². The number of oxime groups is 1. The molecule has 19 heavy (non-hydrogen) atoms. The number of aliphatic imine (C=N–C) groups is 1. The summed E-state index contributed by atoms with van der Waals surface area (Å²) in [6, 6.07) is 5.24. The van der Waals surface area contributed by atoms with Crippen molar-refractivity contribution in [2.45, 2.75) is 12.8 Å². The Bertz CT molecular complexity index is 490. The lowest BCUT2D eigenvalue weighted by molar-refractivity contribution is 0.209. The highest BCUT2D eigenvalue weighted by Crippen LogP contribution is 2.23. The summed E-state index contributed by atoms with van der Waals surface area (Å²) in [5.41, 5.74) is 7.04. The number of rotatable bonds is 6. The van der Waals surface area contributed by atoms with Crippen molar-refractivity contribution >= 4 is 34.7 Å². The molecule has 0 spiro atoms. The first-order valence-corrected chi connectivity index (χ1v) is 6.28. The van der Waals surface area contributed by atoms with Gasteiger partial charge in [0, 0.05) is 19.2 Å². The molecule has 104 valence electrons. The number of hydrogen-bond donors (Lipinski definition) is 2. The fraction of sp³-hybridized carbons (Fsp3) is 0.333. The zero-order valence-electron chi connectivity index (χ0n) is 10.4. The van der Waals surface area contributed by atoms with E-state index < -0.39 is 0 Å². The molecule has 0 unspecified atom stereocenters. The van der Waals surface area contributed by atoms with E-state index >= 15 is 0 Å². The maximum absolute atomic E-state index is 8.53. The largest absolute Gasteiger partial charge is 0.409 e. The van der Waals surface area contributed by atoms with Gasteiger partial charge in [-0.3, -0.25) is 4.99 Å². The molecule has 0 aliphatic carbocycles. The zero-order valence-corrected chi connectivity index (χ0v) is 11.9. The van der Waals surface area contributed by atoms with Crippen molar-refractivity contribution in [2.24, 2.45) is 15.9 Å². The number of amidine groups is 1. The van der Waals surface area contributed by atoms with Crippen molar-refractivity contribution in [2.75, 3.05) is 13.8 Å². The van der Waals surface area contributed by atoms with Crippen LogP contribution in [0.15, 0.2) is 28.3 Å². The molecular formula is C12H15Cl2N3O2. The zero-order chi connectivity index (χ0) is 14.3. The Hall–Kier alpha value is -1.30. The van der Waals surface area contributed by atoms with Crippen molar-refractivity contribution in [3.8, 4) is 0 Å². The van der Waals surface area contributed by atoms with Gasteiger partial charge < -0.3 is 15.7 Å². The minimum Gasteiger partial charge on any atom is -0.409 e. The van der Waals surface area contributed by atoms with Gasteiger partial charge in [0.05, 0.1) is 10.0 Å². The lowest BCUT2D eigenvalue weighted by atomic mass is 10.1. The quantitative estimate of drug-likeness (QED) is 0.367. The van der Waals surface area contributed by atoms with Crippen LogP contribution in [0.1, 0.15) is 18.4 Å². The van der Waals surface area contributed by atoms with Crippen LogP contribution in [-0.2, 0) is 4.74 Å². The number of hydrogen-bond acceptors (Lipinski definition) is 4. The number of halogens is 2. The third-order valence-electron chi connectivity index (χ3n) is 2.38. The second-order valence-corrected chi connectivity index (χ2v) is 4.56. The maximum atomic E-state index is 8.53. The highest BCUT2D eigenvalue weighted by Gasteiger charge is 2.08. The monoisotopic (exact) mass is 303 g/mol. The Kier molecular flexibility index (Phi) is 6.62. The van der Waals surface area contributed by atoms with Crippen LogP contribution in [0.3, 0.4) is 0 Å². The summed E-state index contributed by atoms with van der Waals surface area (Å²) in [6.07, 6.45) is 0.899. The van der Waals surface area contributed by atoms with Crippen LogP contribution in [0, 0.1) is 0 Å². The number of nitrogens with two attached hydrogens (primary N) is 1. The smallest absolute Gasteiger partial charge is 0.139 e. The van der Waals surface area contributed by atoms with E-state index in [1.165, 1.54) is 0 Å². The minimum atomic E-state index is 0.144. The highest BCUT2D eigenvalue weighted by molar-refractivity contribution is 6.42. The van der Waals surface area contributed by atoms with Crippen LogP contribution in [0.4, 0.5) is 0 Å². The van der Waals surface area contributed by atoms with Crippen LogP contribution in [0.5, 0.6) is 0 Å². The highest BCUT2D eigenvalue weighted by atomic mass is 35.5. The second kappa shape index (κ2) is 7.99. The fourth-order valence-electron chi connectivity index (χ4n) is 1.43. The summed E-state index contributed by atoms with van der Waals surface area (Å²) in [5, 5.41) is 12.4. The van der Waals surface area contributed by atoms with Gasteiger partial charge in [-0.05, 0) is 24.1 Å². The van der Waals surface area contributed by atoms with Crippen LogP contribution in [0.2, 0.25) is 10.0 Å². The third-order valence-corrected chi connectivity index (χ3v) is 3.12. The van der Waals surface area contributed by atoms with Gasteiger partial charge in [0.1, 0.15) is 12.6 Å². The van der Waals surface area contributed by atoms with Gasteiger partial charge in [0.15, 0.2) is 0 Å². The van der Waals surface area contributed by atoms with E-state index in [0.29, 0.717) is 22.9 Å². The van der Waals surface area contributed by atoms with E-state index in [-0.39, 0.29) is 12.6 Å². The van der Waals surface area contributed by atoms with Gasteiger partial charge >= 0.3 is 0 Å². The molecule has 0 bridgehead atoms. The molecule has 0 radical (unpaired) electrons. The van der Waals surface area contributed by atoms with E-state index in [2.05, 4.69) is 10.1 Å². The Balaban J connectivity index is 2.92. The summed E-state index contributed by atoms with van der Waals surface area (Å²) in [6.45, 7) is 0.228. The summed E-state index contributed by atoms with van der Waals surface area (Å²) < 4.78 is 4.92. The van der Waals surface area contributed by atoms with Crippen molar-refractivity contribution in [1.82, 2.24) is 0 Å². The van der Waals surface area contributed by atoms with E-state index in [1.807, 2.05) is 6.07 Å². The van der Waals surface area contributed by atoms with Crippen molar-refractivity contribution in [3.05, 3.63) is 33.8 Å². The number of methoxy groups -OCH3 is 1. The molecule has 3 N–H and O–H groups in total. The first kappa shape index (κ1) is 15.8. The first-order chi connectivity index (χ1) is 9.08. The van der Waals surface area contributed by atoms with Gasteiger partial charge in [-0.1, -0.05) is 34.4 Å². The van der Waals surface area contributed by atoms with Gasteiger partial charge in [0.25, 0.3) is 0 Å². The molecule has 7 heteroatoms. The number of nitrogens with zero attached hydrogens (tertiary/aromatic N) is 2. The molecule has 0 saturated heterocycles. The first-order valence-electron chi connectivity index (χ1n) is 5.52. The molecule has 0 amide bonds. The predicted molar refractivity (Wildman–Crippen MR) is 77.5 cm³/mol. The molecule has 0 saturated carbocycles. The van der Waals surface area contributed by atoms with E-state index in [4.69, 9.17) is 38.9 Å². The molecular weight excluding hydrogens is 289 g/mol. The SMILES string of the molecule is COCN=C(CCC(N)=NO)c1ccc(Cl)c(Cl)c1. The standard InChI is InChI=1S/C12H15Cl2N3O2/c1-19-7-16-11(4-5-12(15)17-18)8-2-3-9(13)10(14)6-8/h2-3,6,18H,4-5,7H2,1H3,(H2,15,17). The lowest BCUT2D eigenvalue weighted by Gasteiger charge is -2.08. The Morgan fingerprint density at radius 2 is 2.05 bits per heavy atom. The van der Waals surface area contributed by atoms with Gasteiger partial charge in [-0.2, -0.15) is 0 Å². The van der Waals surface area contributed by atoms with Crippen LogP contribution >= 0.6 is 23.2 Å². The van der Waals surface area contributed by atoms with Crippen molar-refractivity contribution < 1.29 is 9.94 Å². The molecule has 5 nitrogen and oxygen atoms in total. The normalized spacial score (nSPS) is 12.8. The average molecular weight is 304 g/mol. The van der Waals surface area contributed by atoms with Crippen molar-refractivity contribution in [1.29, 1.82) is 0 Å². The number of ether oxygens (including phenoxy) is 1. The molecule has 1 aromatic rings. The molecule has 0 aromatic heterocycles. The Labute approximate surface area is 121 Å². The summed E-state index contributed by atoms with van der Waals surface area (Å²) >= 11 is 11.8. The Morgan fingerprint density at radius 3 is 2.63 bits per heavy atom. The predicted octanol–water partition coefficient (Wildman–Crippen LogP) is 2.91. The molecule has 0 atom stereocenters. The van der Waals surface area contributed by atoms with E-state index in [1.54, 1.807) is 19.2 Å². The van der Waals surface area contributed by atoms with Crippen LogP contribution in [0.25, 0.3) is 0 Å². The Morgan fingerprint density at radius 1 is 1.32 bits per heavy atom.